The number of hydrogen-bond acceptors (Lipinski definition) is 5. The van der Waals surface area contributed by atoms with E-state index in [4.69, 9.17) is 9.72 Å². The van der Waals surface area contributed by atoms with Gasteiger partial charge in [0.05, 0.1) is 5.92 Å². The first kappa shape index (κ1) is 14.9. The second kappa shape index (κ2) is 6.43. The van der Waals surface area contributed by atoms with Gasteiger partial charge < -0.3 is 15.0 Å². The van der Waals surface area contributed by atoms with Crippen molar-refractivity contribution < 1.29 is 9.53 Å². The molecule has 1 aliphatic carbocycles. The van der Waals surface area contributed by atoms with Crippen LogP contribution in [0.1, 0.15) is 43.8 Å². The summed E-state index contributed by atoms with van der Waals surface area (Å²) >= 11 is 0. The fraction of sp³-hybridized carbons (Fsp3) is 0.706. The first-order valence-electron chi connectivity index (χ1n) is 8.75. The van der Waals surface area contributed by atoms with Crippen LogP contribution in [0.4, 0.5) is 5.82 Å². The Bertz CT molecular complexity index is 569. The standard InChI is InChI=1S/C17H24N4O2/c22-17(19-14-5-9-23-10-6-14)13-4-8-21(11-13)15-3-7-18-16(20-15)12-1-2-12/h3,7,12-14H,1-2,4-6,8-11H2,(H,19,22). The van der Waals surface area contributed by atoms with Crippen molar-refractivity contribution in [2.75, 3.05) is 31.2 Å². The zero-order valence-electron chi connectivity index (χ0n) is 13.4. The van der Waals surface area contributed by atoms with E-state index < -0.39 is 0 Å². The predicted octanol–water partition coefficient (Wildman–Crippen LogP) is 1.48. The summed E-state index contributed by atoms with van der Waals surface area (Å²) in [5, 5.41) is 3.19. The molecule has 0 bridgehead atoms. The molecular formula is C17H24N4O2. The van der Waals surface area contributed by atoms with E-state index in [1.807, 2.05) is 12.3 Å². The fourth-order valence-electron chi connectivity index (χ4n) is 3.42. The van der Waals surface area contributed by atoms with Crippen molar-refractivity contribution in [2.24, 2.45) is 5.92 Å². The number of hydrogen-bond donors (Lipinski definition) is 1. The molecule has 1 amide bonds. The summed E-state index contributed by atoms with van der Waals surface area (Å²) in [5.74, 6) is 2.76. The van der Waals surface area contributed by atoms with E-state index in [-0.39, 0.29) is 17.9 Å². The summed E-state index contributed by atoms with van der Waals surface area (Å²) in [5.41, 5.74) is 0. The third-order valence-electron chi connectivity index (χ3n) is 5.05. The van der Waals surface area contributed by atoms with Gasteiger partial charge in [0.15, 0.2) is 0 Å². The van der Waals surface area contributed by atoms with Crippen molar-refractivity contribution >= 4 is 11.7 Å². The highest BCUT2D eigenvalue weighted by Crippen LogP contribution is 2.38. The summed E-state index contributed by atoms with van der Waals surface area (Å²) < 4.78 is 5.34. The van der Waals surface area contributed by atoms with E-state index in [0.29, 0.717) is 5.92 Å². The summed E-state index contributed by atoms with van der Waals surface area (Å²) in [4.78, 5) is 23.8. The minimum atomic E-state index is 0.0668. The Morgan fingerprint density at radius 1 is 1.22 bits per heavy atom. The van der Waals surface area contributed by atoms with E-state index in [9.17, 15) is 4.79 Å². The molecule has 2 saturated heterocycles. The third kappa shape index (κ3) is 3.47. The van der Waals surface area contributed by atoms with Crippen LogP contribution in [-0.4, -0.2) is 48.2 Å². The van der Waals surface area contributed by atoms with Gasteiger partial charge in [0.25, 0.3) is 0 Å². The van der Waals surface area contributed by atoms with Gasteiger partial charge in [-0.25, -0.2) is 9.97 Å². The topological polar surface area (TPSA) is 67.3 Å². The van der Waals surface area contributed by atoms with Gasteiger partial charge >= 0.3 is 0 Å². The molecule has 6 heteroatoms. The molecular weight excluding hydrogens is 292 g/mol. The lowest BCUT2D eigenvalue weighted by Crippen LogP contribution is -2.42. The number of amides is 1. The Morgan fingerprint density at radius 2 is 2.04 bits per heavy atom. The molecule has 0 aromatic carbocycles. The number of carbonyl (C=O) groups is 1. The lowest BCUT2D eigenvalue weighted by molar-refractivity contribution is -0.125. The van der Waals surface area contributed by atoms with Crippen LogP contribution < -0.4 is 10.2 Å². The molecule has 3 fully saturated rings. The lowest BCUT2D eigenvalue weighted by Gasteiger charge is -2.24. The maximum Gasteiger partial charge on any atom is 0.225 e. The van der Waals surface area contributed by atoms with Crippen LogP contribution in [0.3, 0.4) is 0 Å². The minimum absolute atomic E-state index is 0.0668. The van der Waals surface area contributed by atoms with Gasteiger partial charge in [0, 0.05) is 44.5 Å². The Kier molecular flexibility index (Phi) is 4.16. The van der Waals surface area contributed by atoms with E-state index in [2.05, 4.69) is 15.2 Å². The Hall–Kier alpha value is -1.69. The van der Waals surface area contributed by atoms with E-state index >= 15 is 0 Å². The number of aromatic nitrogens is 2. The smallest absolute Gasteiger partial charge is 0.225 e. The van der Waals surface area contributed by atoms with Crippen LogP contribution in [-0.2, 0) is 9.53 Å². The molecule has 2 aliphatic heterocycles. The molecule has 3 heterocycles. The van der Waals surface area contributed by atoms with Crippen molar-refractivity contribution in [3.8, 4) is 0 Å². The molecule has 1 aromatic rings. The monoisotopic (exact) mass is 316 g/mol. The molecule has 6 nitrogen and oxygen atoms in total. The maximum atomic E-state index is 12.5. The van der Waals surface area contributed by atoms with Crippen LogP contribution in [0.5, 0.6) is 0 Å². The number of carbonyl (C=O) groups excluding carboxylic acids is 1. The molecule has 1 unspecified atom stereocenters. The van der Waals surface area contributed by atoms with Gasteiger partial charge in [0.1, 0.15) is 11.6 Å². The summed E-state index contributed by atoms with van der Waals surface area (Å²) in [7, 11) is 0. The zero-order chi connectivity index (χ0) is 15.6. The Labute approximate surface area is 136 Å². The van der Waals surface area contributed by atoms with Gasteiger partial charge in [-0.2, -0.15) is 0 Å². The van der Waals surface area contributed by atoms with Gasteiger partial charge in [0.2, 0.25) is 5.91 Å². The fourth-order valence-corrected chi connectivity index (χ4v) is 3.42. The van der Waals surface area contributed by atoms with Gasteiger partial charge in [-0.1, -0.05) is 0 Å². The van der Waals surface area contributed by atoms with Crippen LogP contribution in [0.25, 0.3) is 0 Å². The van der Waals surface area contributed by atoms with Gasteiger partial charge in [-0.15, -0.1) is 0 Å². The first-order valence-corrected chi connectivity index (χ1v) is 8.75. The lowest BCUT2D eigenvalue weighted by atomic mass is 10.1. The molecule has 124 valence electrons. The average Bonchev–Trinajstić information content (AvgIpc) is 3.32. The van der Waals surface area contributed by atoms with Crippen LogP contribution in [0.15, 0.2) is 12.3 Å². The van der Waals surface area contributed by atoms with E-state index in [1.54, 1.807) is 0 Å². The average molecular weight is 316 g/mol. The predicted molar refractivity (Wildman–Crippen MR) is 86.3 cm³/mol. The first-order chi connectivity index (χ1) is 11.3. The third-order valence-corrected chi connectivity index (χ3v) is 5.05. The quantitative estimate of drug-likeness (QED) is 0.911. The second-order valence-corrected chi connectivity index (χ2v) is 6.87. The molecule has 1 aromatic heterocycles. The summed E-state index contributed by atoms with van der Waals surface area (Å²) in [6.45, 7) is 3.17. The molecule has 0 spiro atoms. The SMILES string of the molecule is O=C(NC1CCOCC1)C1CCN(c2ccnc(C3CC3)n2)C1. The number of anilines is 1. The molecule has 1 atom stereocenters. The second-order valence-electron chi connectivity index (χ2n) is 6.87. The normalized spacial score (nSPS) is 25.6. The van der Waals surface area contributed by atoms with Gasteiger partial charge in [-0.3, -0.25) is 4.79 Å². The highest BCUT2D eigenvalue weighted by Gasteiger charge is 2.32. The van der Waals surface area contributed by atoms with Crippen molar-refractivity contribution in [1.29, 1.82) is 0 Å². The number of nitrogens with zero attached hydrogens (tertiary/aromatic N) is 3. The molecule has 23 heavy (non-hydrogen) atoms. The number of ether oxygens (including phenoxy) is 1. The van der Waals surface area contributed by atoms with Crippen LogP contribution >= 0.6 is 0 Å². The molecule has 4 rings (SSSR count). The minimum Gasteiger partial charge on any atom is -0.381 e. The molecule has 0 radical (unpaired) electrons. The van der Waals surface area contributed by atoms with E-state index in [1.165, 1.54) is 12.8 Å². The van der Waals surface area contributed by atoms with Crippen LogP contribution in [0, 0.1) is 5.92 Å². The summed E-state index contributed by atoms with van der Waals surface area (Å²) in [6.07, 6.45) is 7.03. The molecule has 3 aliphatic rings. The highest BCUT2D eigenvalue weighted by molar-refractivity contribution is 5.80. The summed E-state index contributed by atoms with van der Waals surface area (Å²) in [6, 6.07) is 2.25. The number of nitrogens with one attached hydrogen (secondary N) is 1. The van der Waals surface area contributed by atoms with Crippen LogP contribution in [0.2, 0.25) is 0 Å². The Morgan fingerprint density at radius 3 is 2.83 bits per heavy atom. The zero-order valence-corrected chi connectivity index (χ0v) is 13.4. The largest absolute Gasteiger partial charge is 0.381 e. The van der Waals surface area contributed by atoms with E-state index in [0.717, 1.165) is 57.2 Å². The van der Waals surface area contributed by atoms with Crippen molar-refractivity contribution in [3.63, 3.8) is 0 Å². The Balaban J connectivity index is 1.34. The maximum absolute atomic E-state index is 12.5. The number of rotatable bonds is 4. The highest BCUT2D eigenvalue weighted by atomic mass is 16.5. The van der Waals surface area contributed by atoms with Crippen molar-refractivity contribution in [3.05, 3.63) is 18.1 Å². The van der Waals surface area contributed by atoms with Crippen molar-refractivity contribution in [2.45, 2.75) is 44.1 Å². The van der Waals surface area contributed by atoms with Gasteiger partial charge in [-0.05, 0) is 38.2 Å². The van der Waals surface area contributed by atoms with Crippen molar-refractivity contribution in [1.82, 2.24) is 15.3 Å². The molecule has 1 saturated carbocycles. The molecule has 1 N–H and O–H groups in total.